The molecule has 0 saturated carbocycles. The number of ether oxygens (including phenoxy) is 1. The van der Waals surface area contributed by atoms with Crippen LogP contribution in [0.2, 0.25) is 0 Å². The summed E-state index contributed by atoms with van der Waals surface area (Å²) in [5, 5.41) is 12.7. The molecule has 0 radical (unpaired) electrons. The maximum absolute atomic E-state index is 12.5. The Kier molecular flexibility index (Phi) is 6.95. The van der Waals surface area contributed by atoms with Crippen molar-refractivity contribution < 1.29 is 23.1 Å². The predicted molar refractivity (Wildman–Crippen MR) is 104 cm³/mol. The highest BCUT2D eigenvalue weighted by molar-refractivity contribution is 7.89. The van der Waals surface area contributed by atoms with Gasteiger partial charge in [-0.2, -0.15) is 0 Å². The van der Waals surface area contributed by atoms with Gasteiger partial charge < -0.3 is 15.2 Å². The summed E-state index contributed by atoms with van der Waals surface area (Å²) in [7, 11) is -2.38. The van der Waals surface area contributed by atoms with E-state index in [1.807, 2.05) is 37.3 Å². The number of carboxylic acid groups (broad SMARTS) is 1. The lowest BCUT2D eigenvalue weighted by atomic mass is 10.1. The summed E-state index contributed by atoms with van der Waals surface area (Å²) >= 11 is 0. The number of nitrogens with one attached hydrogen (secondary N) is 2. The molecule has 0 aromatic heterocycles. The molecule has 2 aromatic rings. The summed E-state index contributed by atoms with van der Waals surface area (Å²) in [6.07, 6.45) is 0. The van der Waals surface area contributed by atoms with E-state index in [2.05, 4.69) is 10.0 Å². The summed E-state index contributed by atoms with van der Waals surface area (Å²) < 4.78 is 32.3. The molecular formula is C19H24N2O5S. The van der Waals surface area contributed by atoms with E-state index < -0.39 is 22.0 Å². The fourth-order valence-electron chi connectivity index (χ4n) is 2.67. The zero-order valence-corrected chi connectivity index (χ0v) is 16.3. The maximum Gasteiger partial charge on any atom is 0.337 e. The highest BCUT2D eigenvalue weighted by atomic mass is 32.2. The van der Waals surface area contributed by atoms with Gasteiger partial charge in [0.1, 0.15) is 0 Å². The molecule has 146 valence electrons. The molecule has 3 N–H and O–H groups in total. The minimum absolute atomic E-state index is 0.110. The standard InChI is InChI=1S/C19H24N2O5S/c1-13(12-26-3)21-27(24,25)16-9-10-18(17(11-16)19(22)23)20-14(2)15-7-5-4-6-8-15/h4-11,13-14,20-21H,12H2,1-3H3,(H,22,23). The van der Waals surface area contributed by atoms with Crippen LogP contribution < -0.4 is 10.0 Å². The Morgan fingerprint density at radius 3 is 2.41 bits per heavy atom. The first-order chi connectivity index (χ1) is 12.7. The van der Waals surface area contributed by atoms with E-state index >= 15 is 0 Å². The zero-order chi connectivity index (χ0) is 20.0. The Bertz CT molecular complexity index is 884. The van der Waals surface area contributed by atoms with Gasteiger partial charge in [0.05, 0.1) is 17.1 Å². The van der Waals surface area contributed by atoms with E-state index in [9.17, 15) is 18.3 Å². The third-order valence-electron chi connectivity index (χ3n) is 3.98. The van der Waals surface area contributed by atoms with Crippen molar-refractivity contribution in [2.24, 2.45) is 0 Å². The van der Waals surface area contributed by atoms with Crippen LogP contribution in [0.5, 0.6) is 0 Å². The number of aromatic carboxylic acids is 1. The number of methoxy groups -OCH3 is 1. The first-order valence-corrected chi connectivity index (χ1v) is 9.93. The van der Waals surface area contributed by atoms with Gasteiger partial charge in [-0.05, 0) is 37.6 Å². The fraction of sp³-hybridized carbons (Fsp3) is 0.316. The van der Waals surface area contributed by atoms with Gasteiger partial charge in [-0.1, -0.05) is 30.3 Å². The van der Waals surface area contributed by atoms with Crippen molar-refractivity contribution >= 4 is 21.7 Å². The molecule has 0 saturated heterocycles. The van der Waals surface area contributed by atoms with Crippen LogP contribution >= 0.6 is 0 Å². The number of benzene rings is 2. The molecule has 0 amide bonds. The molecule has 0 fully saturated rings. The molecule has 7 nitrogen and oxygen atoms in total. The number of carboxylic acids is 1. The summed E-state index contributed by atoms with van der Waals surface area (Å²) in [4.78, 5) is 11.6. The van der Waals surface area contributed by atoms with Crippen LogP contribution in [0, 0.1) is 0 Å². The lowest BCUT2D eigenvalue weighted by Gasteiger charge is -2.18. The second-order valence-corrected chi connectivity index (χ2v) is 7.98. The zero-order valence-electron chi connectivity index (χ0n) is 15.5. The Morgan fingerprint density at radius 1 is 1.15 bits per heavy atom. The Morgan fingerprint density at radius 2 is 1.81 bits per heavy atom. The molecule has 0 bridgehead atoms. The monoisotopic (exact) mass is 392 g/mol. The van der Waals surface area contributed by atoms with Gasteiger partial charge >= 0.3 is 5.97 Å². The predicted octanol–water partition coefficient (Wildman–Crippen LogP) is 2.87. The van der Waals surface area contributed by atoms with E-state index in [1.54, 1.807) is 6.92 Å². The van der Waals surface area contributed by atoms with Crippen molar-refractivity contribution in [1.29, 1.82) is 0 Å². The molecule has 0 heterocycles. The number of hydrogen-bond donors (Lipinski definition) is 3. The summed E-state index contributed by atoms with van der Waals surface area (Å²) in [5.41, 5.74) is 1.23. The van der Waals surface area contributed by atoms with E-state index in [0.29, 0.717) is 5.69 Å². The van der Waals surface area contributed by atoms with Gasteiger partial charge in [0.2, 0.25) is 10.0 Å². The van der Waals surface area contributed by atoms with Crippen molar-refractivity contribution in [3.05, 3.63) is 59.7 Å². The third-order valence-corrected chi connectivity index (χ3v) is 5.56. The molecule has 0 aliphatic rings. The second-order valence-electron chi connectivity index (χ2n) is 6.27. The normalized spacial score (nSPS) is 13.7. The van der Waals surface area contributed by atoms with Crippen LogP contribution in [-0.2, 0) is 14.8 Å². The van der Waals surface area contributed by atoms with Crippen molar-refractivity contribution in [1.82, 2.24) is 4.72 Å². The Balaban J connectivity index is 2.30. The molecule has 0 aliphatic heterocycles. The highest BCUT2D eigenvalue weighted by Gasteiger charge is 2.21. The first-order valence-electron chi connectivity index (χ1n) is 8.44. The van der Waals surface area contributed by atoms with Crippen LogP contribution in [0.1, 0.15) is 35.8 Å². The molecule has 2 aromatic carbocycles. The number of sulfonamides is 1. The lowest BCUT2D eigenvalue weighted by Crippen LogP contribution is -2.35. The van der Waals surface area contributed by atoms with Gasteiger partial charge in [-0.25, -0.2) is 17.9 Å². The number of rotatable bonds is 9. The first kappa shape index (κ1) is 20.9. The number of anilines is 1. The van der Waals surface area contributed by atoms with Crippen molar-refractivity contribution in [2.75, 3.05) is 19.0 Å². The SMILES string of the molecule is COCC(C)NS(=O)(=O)c1ccc(NC(C)c2ccccc2)c(C(=O)O)c1. The van der Waals surface area contributed by atoms with Crippen molar-refractivity contribution in [2.45, 2.75) is 30.8 Å². The quantitative estimate of drug-likeness (QED) is 0.606. The minimum atomic E-state index is -3.86. The molecule has 0 aliphatic carbocycles. The van der Waals surface area contributed by atoms with Crippen LogP contribution in [-0.4, -0.2) is 39.3 Å². The smallest absolute Gasteiger partial charge is 0.337 e. The molecular weight excluding hydrogens is 368 g/mol. The molecule has 0 spiro atoms. The van der Waals surface area contributed by atoms with Gasteiger partial charge in [0.25, 0.3) is 0 Å². The van der Waals surface area contributed by atoms with Gasteiger partial charge in [0, 0.05) is 24.9 Å². The van der Waals surface area contributed by atoms with E-state index in [0.717, 1.165) is 11.6 Å². The number of carbonyl (C=O) groups is 1. The molecule has 2 unspecified atom stereocenters. The topological polar surface area (TPSA) is 105 Å². The van der Waals surface area contributed by atoms with Crippen molar-refractivity contribution in [3.8, 4) is 0 Å². The van der Waals surface area contributed by atoms with Crippen molar-refractivity contribution in [3.63, 3.8) is 0 Å². The van der Waals surface area contributed by atoms with Gasteiger partial charge in [-0.3, -0.25) is 0 Å². The molecule has 2 rings (SSSR count). The van der Waals surface area contributed by atoms with E-state index in [-0.39, 0.29) is 23.1 Å². The molecule has 27 heavy (non-hydrogen) atoms. The Hall–Kier alpha value is -2.42. The summed E-state index contributed by atoms with van der Waals surface area (Å²) in [6.45, 7) is 3.77. The number of hydrogen-bond acceptors (Lipinski definition) is 5. The average molecular weight is 392 g/mol. The largest absolute Gasteiger partial charge is 0.478 e. The highest BCUT2D eigenvalue weighted by Crippen LogP contribution is 2.25. The van der Waals surface area contributed by atoms with E-state index in [1.165, 1.54) is 19.2 Å². The Labute approximate surface area is 159 Å². The van der Waals surface area contributed by atoms with Gasteiger partial charge in [0.15, 0.2) is 0 Å². The third kappa shape index (κ3) is 5.53. The second kappa shape index (κ2) is 8.98. The molecule has 2 atom stereocenters. The van der Waals surface area contributed by atoms with Crippen LogP contribution in [0.15, 0.2) is 53.4 Å². The maximum atomic E-state index is 12.5. The molecule has 8 heteroatoms. The van der Waals surface area contributed by atoms with Crippen LogP contribution in [0.3, 0.4) is 0 Å². The van der Waals surface area contributed by atoms with Crippen LogP contribution in [0.4, 0.5) is 5.69 Å². The summed E-state index contributed by atoms with van der Waals surface area (Å²) in [5.74, 6) is -1.21. The average Bonchev–Trinajstić information content (AvgIpc) is 2.62. The fourth-order valence-corrected chi connectivity index (χ4v) is 3.92. The van der Waals surface area contributed by atoms with Gasteiger partial charge in [-0.15, -0.1) is 0 Å². The summed E-state index contributed by atoms with van der Waals surface area (Å²) in [6, 6.07) is 13.0. The lowest BCUT2D eigenvalue weighted by molar-refractivity contribution is 0.0697. The van der Waals surface area contributed by atoms with E-state index in [4.69, 9.17) is 4.74 Å². The van der Waals surface area contributed by atoms with Crippen LogP contribution in [0.25, 0.3) is 0 Å². The minimum Gasteiger partial charge on any atom is -0.478 e.